The molecule has 1 rings (SSSR count). The Hall–Kier alpha value is -3.15. The molecule has 1 aliphatic heterocycles. The van der Waals surface area contributed by atoms with Crippen molar-refractivity contribution in [3.05, 3.63) is 109 Å². The van der Waals surface area contributed by atoms with Gasteiger partial charge in [0, 0.05) is 6.42 Å². The zero-order valence-corrected chi connectivity index (χ0v) is 58.4. The molecule has 6 N–H and O–H groups in total. The number of allylic oxidation sites excluding steroid dienone is 17. The summed E-state index contributed by atoms with van der Waals surface area (Å²) in [7, 11) is 0. The molecule has 520 valence electrons. The third kappa shape index (κ3) is 56.4. The number of rotatable bonds is 66. The summed E-state index contributed by atoms with van der Waals surface area (Å²) in [6.07, 6.45) is 95.0. The highest BCUT2D eigenvalue weighted by Crippen LogP contribution is 2.23. The lowest BCUT2D eigenvalue weighted by Crippen LogP contribution is -2.60. The molecule has 9 nitrogen and oxygen atoms in total. The van der Waals surface area contributed by atoms with Crippen LogP contribution in [0.4, 0.5) is 0 Å². The number of amides is 1. The molecule has 0 aliphatic carbocycles. The predicted octanol–water partition coefficient (Wildman–Crippen LogP) is 21.6. The van der Waals surface area contributed by atoms with Gasteiger partial charge < -0.3 is 40.3 Å². The van der Waals surface area contributed by atoms with E-state index in [1.807, 2.05) is 6.08 Å². The van der Waals surface area contributed by atoms with Crippen molar-refractivity contribution in [1.82, 2.24) is 5.32 Å². The summed E-state index contributed by atoms with van der Waals surface area (Å²) in [5, 5.41) is 54.8. The number of hydrogen-bond donors (Lipinski definition) is 6. The van der Waals surface area contributed by atoms with Gasteiger partial charge in [0.05, 0.1) is 25.4 Å². The third-order valence-electron chi connectivity index (χ3n) is 17.6. The van der Waals surface area contributed by atoms with Crippen molar-refractivity contribution in [2.45, 2.75) is 384 Å². The maximum atomic E-state index is 13.2. The fraction of sp³-hybridized carbons (Fsp3) is 0.765. The highest BCUT2D eigenvalue weighted by atomic mass is 16.7. The lowest BCUT2D eigenvalue weighted by atomic mass is 9.99. The first-order valence-corrected chi connectivity index (χ1v) is 38.1. The van der Waals surface area contributed by atoms with E-state index in [9.17, 15) is 30.3 Å². The topological polar surface area (TPSA) is 149 Å². The molecule has 0 spiro atoms. The van der Waals surface area contributed by atoms with Crippen LogP contribution >= 0.6 is 0 Å². The Morgan fingerprint density at radius 2 is 0.700 bits per heavy atom. The lowest BCUT2D eigenvalue weighted by Gasteiger charge is -2.40. The van der Waals surface area contributed by atoms with E-state index in [1.54, 1.807) is 6.08 Å². The second-order valence-corrected chi connectivity index (χ2v) is 26.1. The summed E-state index contributed by atoms with van der Waals surface area (Å²) in [6, 6.07) is -0.828. The van der Waals surface area contributed by atoms with E-state index in [1.165, 1.54) is 238 Å². The Bertz CT molecular complexity index is 1800. The van der Waals surface area contributed by atoms with Crippen LogP contribution in [-0.2, 0) is 14.3 Å². The van der Waals surface area contributed by atoms with E-state index >= 15 is 0 Å². The van der Waals surface area contributed by atoms with Crippen molar-refractivity contribution in [2.75, 3.05) is 13.2 Å². The molecule has 0 radical (unpaired) electrons. The average molecular weight is 1260 g/mol. The molecule has 1 amide bonds. The molecule has 0 aromatic carbocycles. The van der Waals surface area contributed by atoms with Crippen LogP contribution in [0, 0.1) is 0 Å². The molecule has 1 fully saturated rings. The van der Waals surface area contributed by atoms with E-state index in [2.05, 4.69) is 116 Å². The Balaban J connectivity index is 2.11. The molecular weight excluding hydrogens is 1110 g/mol. The first-order chi connectivity index (χ1) is 44.3. The number of aliphatic hydroxyl groups excluding tert-OH is 5. The molecule has 0 aromatic heterocycles. The van der Waals surface area contributed by atoms with Crippen LogP contribution in [0.2, 0.25) is 0 Å². The van der Waals surface area contributed by atoms with Crippen LogP contribution in [0.1, 0.15) is 341 Å². The molecule has 9 heteroatoms. The zero-order chi connectivity index (χ0) is 64.9. The first-order valence-electron chi connectivity index (χ1n) is 38.1. The zero-order valence-electron chi connectivity index (χ0n) is 58.4. The van der Waals surface area contributed by atoms with E-state index in [-0.39, 0.29) is 12.5 Å². The lowest BCUT2D eigenvalue weighted by molar-refractivity contribution is -0.302. The monoisotopic (exact) mass is 1260 g/mol. The fourth-order valence-electron chi connectivity index (χ4n) is 11.7. The van der Waals surface area contributed by atoms with Crippen molar-refractivity contribution in [2.24, 2.45) is 0 Å². The van der Waals surface area contributed by atoms with Crippen LogP contribution in [-0.4, -0.2) is 87.5 Å². The summed E-state index contributed by atoms with van der Waals surface area (Å²) in [5.41, 5.74) is 0. The van der Waals surface area contributed by atoms with Crippen LogP contribution in [0.15, 0.2) is 109 Å². The molecule has 1 aliphatic rings. The van der Waals surface area contributed by atoms with Crippen LogP contribution in [0.5, 0.6) is 0 Å². The number of aliphatic hydroxyl groups is 5. The summed E-state index contributed by atoms with van der Waals surface area (Å²) in [5.74, 6) is -0.185. The standard InChI is InChI=1S/C81H143NO8/c1-3-5-7-9-11-13-15-17-19-21-23-25-27-29-31-33-34-35-36-37-38-39-40-41-42-43-45-47-49-51-53-55-57-59-61-63-65-67-69-71-77(85)82-74(73-89-81-80(88)79(87)78(86)76(72-83)90-81)75(84)70-68-66-64-62-60-58-56-54-52-50-48-46-44-32-30-28-26-24-22-20-18-16-14-12-10-8-6-4-2/h5,7,11,13,17,19,23,25,29,31,34-35,37-38,60,62,68,70,74-76,78-81,83-84,86-88H,3-4,6,8-10,12,14-16,18,20-22,24,26-28,30,32-33,36,39-59,61,63-67,69,71-73H2,1-2H3,(H,82,85)/b7-5-,13-11-,19-17-,25-23-,31-29-,35-34-,38-37-,62-60+,70-68+. The van der Waals surface area contributed by atoms with E-state index in [0.29, 0.717) is 6.42 Å². The minimum atomic E-state index is -1.58. The number of unbranched alkanes of at least 4 members (excludes halogenated alkanes) is 40. The smallest absolute Gasteiger partial charge is 0.220 e. The van der Waals surface area contributed by atoms with Crippen LogP contribution in [0.25, 0.3) is 0 Å². The number of hydrogen-bond acceptors (Lipinski definition) is 8. The normalized spacial score (nSPS) is 18.4. The maximum Gasteiger partial charge on any atom is 0.220 e. The van der Waals surface area contributed by atoms with Crippen molar-refractivity contribution >= 4 is 5.91 Å². The highest BCUT2D eigenvalue weighted by molar-refractivity contribution is 5.76. The summed E-state index contributed by atoms with van der Waals surface area (Å²) in [6.45, 7) is 3.69. The van der Waals surface area contributed by atoms with Crippen LogP contribution in [0.3, 0.4) is 0 Å². The molecule has 90 heavy (non-hydrogen) atoms. The van der Waals surface area contributed by atoms with E-state index in [4.69, 9.17) is 9.47 Å². The van der Waals surface area contributed by atoms with Gasteiger partial charge in [-0.25, -0.2) is 0 Å². The Kier molecular flexibility index (Phi) is 64.8. The molecule has 0 saturated carbocycles. The van der Waals surface area contributed by atoms with Gasteiger partial charge in [0.25, 0.3) is 0 Å². The van der Waals surface area contributed by atoms with Gasteiger partial charge in [-0.05, 0) is 89.9 Å². The van der Waals surface area contributed by atoms with Gasteiger partial charge in [-0.3, -0.25) is 4.79 Å². The highest BCUT2D eigenvalue weighted by Gasteiger charge is 2.44. The van der Waals surface area contributed by atoms with Crippen molar-refractivity contribution in [3.8, 4) is 0 Å². The number of nitrogens with one attached hydrogen (secondary N) is 1. The van der Waals surface area contributed by atoms with E-state index < -0.39 is 49.5 Å². The van der Waals surface area contributed by atoms with Gasteiger partial charge in [0.15, 0.2) is 6.29 Å². The summed E-state index contributed by atoms with van der Waals surface area (Å²) >= 11 is 0. The minimum Gasteiger partial charge on any atom is -0.394 e. The molecule has 7 atom stereocenters. The minimum absolute atomic E-state index is 0.185. The van der Waals surface area contributed by atoms with Gasteiger partial charge in [0.1, 0.15) is 24.4 Å². The molecule has 0 aromatic rings. The maximum absolute atomic E-state index is 13.2. The summed E-state index contributed by atoms with van der Waals surface area (Å²) < 4.78 is 11.3. The second-order valence-electron chi connectivity index (χ2n) is 26.1. The van der Waals surface area contributed by atoms with Crippen molar-refractivity contribution in [3.63, 3.8) is 0 Å². The van der Waals surface area contributed by atoms with Gasteiger partial charge in [-0.1, -0.05) is 354 Å². The van der Waals surface area contributed by atoms with Gasteiger partial charge in [-0.15, -0.1) is 0 Å². The van der Waals surface area contributed by atoms with Gasteiger partial charge >= 0.3 is 0 Å². The number of ether oxygens (including phenoxy) is 2. The van der Waals surface area contributed by atoms with E-state index in [0.717, 1.165) is 83.5 Å². The van der Waals surface area contributed by atoms with Crippen molar-refractivity contribution < 1.29 is 39.8 Å². The second kappa shape index (κ2) is 68.7. The fourth-order valence-corrected chi connectivity index (χ4v) is 11.7. The third-order valence-corrected chi connectivity index (χ3v) is 17.6. The SMILES string of the molecule is CC/C=C\C/C=C\C/C=C\C/C=C\C/C=C\C/C=C\C/C=C\CCCCCCCCCCCCCCCCCCCC(=O)NC(COC1OC(CO)C(O)C(O)C1O)C(O)/C=C/CC/C=C/CCCCCCCCCCCCCCCCCCCCCCCC. The Morgan fingerprint density at radius 1 is 0.389 bits per heavy atom. The molecule has 1 heterocycles. The van der Waals surface area contributed by atoms with Gasteiger partial charge in [-0.2, -0.15) is 0 Å². The Labute approximate surface area is 555 Å². The largest absolute Gasteiger partial charge is 0.394 e. The number of carbonyl (C=O) groups is 1. The molecular formula is C81H143NO8. The first kappa shape index (κ1) is 84.9. The summed E-state index contributed by atoms with van der Waals surface area (Å²) in [4.78, 5) is 13.2. The molecule has 7 unspecified atom stereocenters. The predicted molar refractivity (Wildman–Crippen MR) is 387 cm³/mol. The van der Waals surface area contributed by atoms with Crippen molar-refractivity contribution in [1.29, 1.82) is 0 Å². The van der Waals surface area contributed by atoms with Gasteiger partial charge in [0.2, 0.25) is 5.91 Å². The average Bonchev–Trinajstić information content (AvgIpc) is 2.75. The molecule has 1 saturated heterocycles. The number of carbonyl (C=O) groups excluding carboxylic acids is 1. The molecule has 0 bridgehead atoms. The van der Waals surface area contributed by atoms with Crippen LogP contribution < -0.4 is 5.32 Å². The quantitative estimate of drug-likeness (QED) is 0.0261. The Morgan fingerprint density at radius 3 is 1.07 bits per heavy atom.